The van der Waals surface area contributed by atoms with Crippen LogP contribution in [0.15, 0.2) is 18.3 Å². The second-order valence-corrected chi connectivity index (χ2v) is 3.76. The highest BCUT2D eigenvalue weighted by molar-refractivity contribution is 5.21. The van der Waals surface area contributed by atoms with Gasteiger partial charge >= 0.3 is 0 Å². The van der Waals surface area contributed by atoms with E-state index in [0.29, 0.717) is 18.7 Å². The van der Waals surface area contributed by atoms with Crippen molar-refractivity contribution < 1.29 is 5.11 Å². The molecule has 0 aromatic carbocycles. The van der Waals surface area contributed by atoms with E-state index in [1.165, 1.54) is 0 Å². The van der Waals surface area contributed by atoms with E-state index in [1.807, 2.05) is 16.8 Å². The molecule has 13 heavy (non-hydrogen) atoms. The topological polar surface area (TPSA) is 49.0 Å². The molecule has 0 spiro atoms. The standard InChI is InChI=1S/C10H14N2O/c1-10(2,13)5-7-12-6-3-4-9(12)8-11/h3-4,6,13H,5,7H2,1-2H3. The molecule has 0 bridgehead atoms. The lowest BCUT2D eigenvalue weighted by molar-refractivity contribution is 0.0662. The first kappa shape index (κ1) is 9.82. The monoisotopic (exact) mass is 178 g/mol. The molecule has 0 aliphatic heterocycles. The van der Waals surface area contributed by atoms with Gasteiger partial charge in [-0.15, -0.1) is 0 Å². The van der Waals surface area contributed by atoms with E-state index in [2.05, 4.69) is 6.07 Å². The molecule has 1 N–H and O–H groups in total. The fourth-order valence-corrected chi connectivity index (χ4v) is 1.10. The Bertz CT molecular complexity index is 314. The highest BCUT2D eigenvalue weighted by Gasteiger charge is 2.12. The molecule has 1 aromatic rings. The van der Waals surface area contributed by atoms with Crippen LogP contribution in [-0.4, -0.2) is 15.3 Å². The van der Waals surface area contributed by atoms with E-state index in [9.17, 15) is 5.11 Å². The molecule has 0 fully saturated rings. The lowest BCUT2D eigenvalue weighted by atomic mass is 10.1. The average molecular weight is 178 g/mol. The Balaban J connectivity index is 2.61. The van der Waals surface area contributed by atoms with Gasteiger partial charge in [-0.2, -0.15) is 5.26 Å². The summed E-state index contributed by atoms with van der Waals surface area (Å²) in [6.07, 6.45) is 2.50. The van der Waals surface area contributed by atoms with Crippen molar-refractivity contribution in [1.82, 2.24) is 4.57 Å². The lowest BCUT2D eigenvalue weighted by Crippen LogP contribution is -2.21. The Hall–Kier alpha value is -1.27. The van der Waals surface area contributed by atoms with Gasteiger partial charge in [0.2, 0.25) is 0 Å². The molecular formula is C10H14N2O. The molecule has 3 heteroatoms. The summed E-state index contributed by atoms with van der Waals surface area (Å²) < 4.78 is 1.85. The maximum absolute atomic E-state index is 9.48. The number of aliphatic hydroxyl groups is 1. The van der Waals surface area contributed by atoms with Crippen LogP contribution in [0, 0.1) is 11.3 Å². The molecule has 1 rings (SSSR count). The second kappa shape index (κ2) is 3.63. The Kier molecular flexibility index (Phi) is 2.74. The van der Waals surface area contributed by atoms with Gasteiger partial charge in [-0.05, 0) is 32.4 Å². The van der Waals surface area contributed by atoms with Gasteiger partial charge in [-0.25, -0.2) is 0 Å². The van der Waals surface area contributed by atoms with Crippen molar-refractivity contribution in [3.63, 3.8) is 0 Å². The van der Waals surface area contributed by atoms with Crippen LogP contribution >= 0.6 is 0 Å². The minimum Gasteiger partial charge on any atom is -0.390 e. The first-order valence-electron chi connectivity index (χ1n) is 4.30. The molecule has 0 saturated carbocycles. The van der Waals surface area contributed by atoms with E-state index >= 15 is 0 Å². The Morgan fingerprint density at radius 2 is 2.31 bits per heavy atom. The van der Waals surface area contributed by atoms with Crippen molar-refractivity contribution in [2.45, 2.75) is 32.4 Å². The summed E-state index contributed by atoms with van der Waals surface area (Å²) in [5.74, 6) is 0. The number of hydrogen-bond donors (Lipinski definition) is 1. The van der Waals surface area contributed by atoms with Crippen molar-refractivity contribution in [3.8, 4) is 6.07 Å². The third-order valence-corrected chi connectivity index (χ3v) is 1.91. The average Bonchev–Trinajstić information content (AvgIpc) is 2.46. The van der Waals surface area contributed by atoms with E-state index in [-0.39, 0.29) is 0 Å². The van der Waals surface area contributed by atoms with Crippen molar-refractivity contribution in [2.24, 2.45) is 0 Å². The Labute approximate surface area is 78.2 Å². The van der Waals surface area contributed by atoms with Crippen LogP contribution in [0.1, 0.15) is 26.0 Å². The van der Waals surface area contributed by atoms with Crippen LogP contribution in [0.2, 0.25) is 0 Å². The number of nitriles is 1. The van der Waals surface area contributed by atoms with Crippen molar-refractivity contribution in [2.75, 3.05) is 0 Å². The molecular weight excluding hydrogens is 164 g/mol. The summed E-state index contributed by atoms with van der Waals surface area (Å²) >= 11 is 0. The molecule has 1 heterocycles. The Morgan fingerprint density at radius 1 is 1.62 bits per heavy atom. The van der Waals surface area contributed by atoms with Crippen LogP contribution in [0.25, 0.3) is 0 Å². The predicted octanol–water partition coefficient (Wildman–Crippen LogP) is 1.52. The molecule has 0 radical (unpaired) electrons. The zero-order chi connectivity index (χ0) is 9.90. The normalized spacial score (nSPS) is 11.2. The van der Waals surface area contributed by atoms with Crippen LogP contribution < -0.4 is 0 Å². The van der Waals surface area contributed by atoms with E-state index in [0.717, 1.165) is 0 Å². The first-order valence-corrected chi connectivity index (χ1v) is 4.30. The highest BCUT2D eigenvalue weighted by Crippen LogP contribution is 2.10. The SMILES string of the molecule is CC(C)(O)CCn1cccc1C#N. The number of aryl methyl sites for hydroxylation is 1. The third kappa shape index (κ3) is 2.92. The maximum atomic E-state index is 9.48. The van der Waals surface area contributed by atoms with Crippen LogP contribution in [0.3, 0.4) is 0 Å². The summed E-state index contributed by atoms with van der Waals surface area (Å²) in [6, 6.07) is 5.70. The predicted molar refractivity (Wildman–Crippen MR) is 50.1 cm³/mol. The maximum Gasteiger partial charge on any atom is 0.120 e. The zero-order valence-corrected chi connectivity index (χ0v) is 7.99. The molecule has 3 nitrogen and oxygen atoms in total. The van der Waals surface area contributed by atoms with Gasteiger partial charge in [0.05, 0.1) is 5.60 Å². The fraction of sp³-hybridized carbons (Fsp3) is 0.500. The fourth-order valence-electron chi connectivity index (χ4n) is 1.10. The van der Waals surface area contributed by atoms with Gasteiger partial charge < -0.3 is 9.67 Å². The van der Waals surface area contributed by atoms with Crippen molar-refractivity contribution in [3.05, 3.63) is 24.0 Å². The van der Waals surface area contributed by atoms with Gasteiger partial charge in [-0.3, -0.25) is 0 Å². The molecule has 0 atom stereocenters. The van der Waals surface area contributed by atoms with E-state index in [1.54, 1.807) is 19.9 Å². The molecule has 0 amide bonds. The lowest BCUT2D eigenvalue weighted by Gasteiger charge is -2.17. The molecule has 0 saturated heterocycles. The number of aromatic nitrogens is 1. The third-order valence-electron chi connectivity index (χ3n) is 1.91. The quantitative estimate of drug-likeness (QED) is 0.762. The van der Waals surface area contributed by atoms with Crippen LogP contribution in [0.5, 0.6) is 0 Å². The second-order valence-electron chi connectivity index (χ2n) is 3.76. The van der Waals surface area contributed by atoms with Gasteiger partial charge in [0, 0.05) is 12.7 Å². The van der Waals surface area contributed by atoms with Crippen LogP contribution in [0.4, 0.5) is 0 Å². The molecule has 0 aliphatic rings. The van der Waals surface area contributed by atoms with Crippen molar-refractivity contribution in [1.29, 1.82) is 5.26 Å². The molecule has 0 aliphatic carbocycles. The Morgan fingerprint density at radius 3 is 2.85 bits per heavy atom. The van der Waals surface area contributed by atoms with E-state index < -0.39 is 5.60 Å². The minimum atomic E-state index is -0.670. The summed E-state index contributed by atoms with van der Waals surface area (Å²) in [4.78, 5) is 0. The summed E-state index contributed by atoms with van der Waals surface area (Å²) in [6.45, 7) is 4.21. The summed E-state index contributed by atoms with van der Waals surface area (Å²) in [5.41, 5.74) is -0.0268. The molecule has 1 aromatic heterocycles. The number of hydrogen-bond acceptors (Lipinski definition) is 2. The van der Waals surface area contributed by atoms with Gasteiger partial charge in [0.25, 0.3) is 0 Å². The van der Waals surface area contributed by atoms with Gasteiger partial charge in [0.1, 0.15) is 11.8 Å². The summed E-state index contributed by atoms with van der Waals surface area (Å²) in [5, 5.41) is 18.2. The van der Waals surface area contributed by atoms with Crippen LogP contribution in [-0.2, 0) is 6.54 Å². The largest absolute Gasteiger partial charge is 0.390 e. The highest BCUT2D eigenvalue weighted by atomic mass is 16.3. The van der Waals surface area contributed by atoms with Crippen molar-refractivity contribution >= 4 is 0 Å². The minimum absolute atomic E-state index is 0.643. The molecule has 0 unspecified atom stereocenters. The molecule has 70 valence electrons. The number of rotatable bonds is 3. The first-order chi connectivity index (χ1) is 6.03. The summed E-state index contributed by atoms with van der Waals surface area (Å²) in [7, 11) is 0. The van der Waals surface area contributed by atoms with Gasteiger partial charge in [-0.1, -0.05) is 0 Å². The smallest absolute Gasteiger partial charge is 0.120 e. The zero-order valence-electron chi connectivity index (χ0n) is 7.99. The van der Waals surface area contributed by atoms with E-state index in [4.69, 9.17) is 5.26 Å². The van der Waals surface area contributed by atoms with Gasteiger partial charge in [0.15, 0.2) is 0 Å². The number of nitrogens with zero attached hydrogens (tertiary/aromatic N) is 2.